The summed E-state index contributed by atoms with van der Waals surface area (Å²) in [4.78, 5) is 0. The lowest BCUT2D eigenvalue weighted by Gasteiger charge is -2.27. The lowest BCUT2D eigenvalue weighted by molar-refractivity contribution is 0.0605. The molecule has 1 aromatic rings. The average Bonchev–Trinajstić information content (AvgIpc) is 2.45. The summed E-state index contributed by atoms with van der Waals surface area (Å²) in [7, 11) is 0. The molecule has 0 bridgehead atoms. The molecule has 2 nitrogen and oxygen atoms in total. The van der Waals surface area contributed by atoms with Crippen LogP contribution in [0.2, 0.25) is 0 Å². The van der Waals surface area contributed by atoms with Gasteiger partial charge >= 0.3 is 0 Å². The zero-order valence-electron chi connectivity index (χ0n) is 11.7. The van der Waals surface area contributed by atoms with Crippen LogP contribution in [0.1, 0.15) is 44.2 Å². The Morgan fingerprint density at radius 1 is 1.26 bits per heavy atom. The number of hydrogen-bond donors (Lipinski definition) is 1. The maximum Gasteiger partial charge on any atom is 0.0468 e. The van der Waals surface area contributed by atoms with E-state index in [4.69, 9.17) is 4.74 Å². The van der Waals surface area contributed by atoms with Crippen LogP contribution in [0.15, 0.2) is 28.7 Å². The second-order valence-electron chi connectivity index (χ2n) is 5.35. The molecule has 106 valence electrons. The fourth-order valence-electron chi connectivity index (χ4n) is 2.67. The number of halogens is 1. The van der Waals surface area contributed by atoms with Gasteiger partial charge in [-0.25, -0.2) is 0 Å². The van der Waals surface area contributed by atoms with Crippen LogP contribution in [-0.4, -0.2) is 19.8 Å². The second kappa shape index (κ2) is 8.03. The molecular weight excluding hydrogens is 302 g/mol. The Balaban J connectivity index is 1.99. The highest BCUT2D eigenvalue weighted by molar-refractivity contribution is 9.10. The minimum atomic E-state index is 0.483. The van der Waals surface area contributed by atoms with Crippen LogP contribution >= 0.6 is 15.9 Å². The molecule has 1 aromatic carbocycles. The van der Waals surface area contributed by atoms with Gasteiger partial charge in [0.25, 0.3) is 0 Å². The van der Waals surface area contributed by atoms with Crippen molar-refractivity contribution in [1.29, 1.82) is 0 Å². The Labute approximate surface area is 125 Å². The van der Waals surface area contributed by atoms with Gasteiger partial charge in [0.15, 0.2) is 0 Å². The molecule has 1 atom stereocenters. The highest BCUT2D eigenvalue weighted by Gasteiger charge is 2.20. The van der Waals surface area contributed by atoms with Crippen molar-refractivity contribution in [2.75, 3.05) is 19.8 Å². The third kappa shape index (κ3) is 4.90. The highest BCUT2D eigenvalue weighted by atomic mass is 79.9. The smallest absolute Gasteiger partial charge is 0.0468 e. The molecule has 0 aliphatic carbocycles. The molecule has 1 N–H and O–H groups in total. The normalized spacial score (nSPS) is 18.4. The zero-order chi connectivity index (χ0) is 13.5. The van der Waals surface area contributed by atoms with E-state index in [1.807, 2.05) is 0 Å². The van der Waals surface area contributed by atoms with E-state index < -0.39 is 0 Å². The first kappa shape index (κ1) is 15.0. The molecule has 1 aliphatic rings. The molecular formula is C16H24BrNO. The SMILES string of the molecule is CCCNC(CC1CCOCC1)c1ccc(Br)cc1. The molecule has 0 radical (unpaired) electrons. The van der Waals surface area contributed by atoms with Crippen LogP contribution < -0.4 is 5.32 Å². The van der Waals surface area contributed by atoms with Crippen molar-refractivity contribution in [3.63, 3.8) is 0 Å². The van der Waals surface area contributed by atoms with E-state index in [0.29, 0.717) is 6.04 Å². The summed E-state index contributed by atoms with van der Waals surface area (Å²) >= 11 is 3.51. The number of hydrogen-bond acceptors (Lipinski definition) is 2. The Morgan fingerprint density at radius 3 is 2.58 bits per heavy atom. The number of nitrogens with one attached hydrogen (secondary N) is 1. The zero-order valence-corrected chi connectivity index (χ0v) is 13.3. The molecule has 3 heteroatoms. The third-order valence-electron chi connectivity index (χ3n) is 3.82. The molecule has 1 saturated heterocycles. The summed E-state index contributed by atoms with van der Waals surface area (Å²) in [6, 6.07) is 9.23. The monoisotopic (exact) mass is 325 g/mol. The van der Waals surface area contributed by atoms with Crippen LogP contribution in [0.3, 0.4) is 0 Å². The highest BCUT2D eigenvalue weighted by Crippen LogP contribution is 2.28. The van der Waals surface area contributed by atoms with E-state index in [2.05, 4.69) is 52.4 Å². The van der Waals surface area contributed by atoms with E-state index in [9.17, 15) is 0 Å². The maximum absolute atomic E-state index is 5.46. The molecule has 0 saturated carbocycles. The van der Waals surface area contributed by atoms with Gasteiger partial charge in [-0.05, 0) is 55.8 Å². The Morgan fingerprint density at radius 2 is 1.95 bits per heavy atom. The second-order valence-corrected chi connectivity index (χ2v) is 6.27. The Kier molecular flexibility index (Phi) is 6.35. The van der Waals surface area contributed by atoms with Crippen molar-refractivity contribution in [2.24, 2.45) is 5.92 Å². The molecule has 19 heavy (non-hydrogen) atoms. The first-order chi connectivity index (χ1) is 9.29. The van der Waals surface area contributed by atoms with Crippen LogP contribution in [-0.2, 0) is 4.74 Å². The minimum absolute atomic E-state index is 0.483. The fourth-order valence-corrected chi connectivity index (χ4v) is 2.93. The number of rotatable bonds is 6. The van der Waals surface area contributed by atoms with Gasteiger partial charge in [0.1, 0.15) is 0 Å². The van der Waals surface area contributed by atoms with E-state index >= 15 is 0 Å². The summed E-state index contributed by atoms with van der Waals surface area (Å²) < 4.78 is 6.61. The maximum atomic E-state index is 5.46. The summed E-state index contributed by atoms with van der Waals surface area (Å²) in [5.41, 5.74) is 1.41. The van der Waals surface area contributed by atoms with Gasteiger partial charge in [0.2, 0.25) is 0 Å². The molecule has 0 aromatic heterocycles. The lowest BCUT2D eigenvalue weighted by atomic mass is 9.89. The molecule has 0 amide bonds. The number of ether oxygens (including phenoxy) is 1. The van der Waals surface area contributed by atoms with Gasteiger partial charge in [-0.2, -0.15) is 0 Å². The molecule has 1 aliphatic heterocycles. The van der Waals surface area contributed by atoms with Gasteiger partial charge in [-0.1, -0.05) is 35.0 Å². The van der Waals surface area contributed by atoms with Crippen molar-refractivity contribution < 1.29 is 4.74 Å². The van der Waals surface area contributed by atoms with Gasteiger partial charge in [0.05, 0.1) is 0 Å². The van der Waals surface area contributed by atoms with Gasteiger partial charge in [0, 0.05) is 23.7 Å². The predicted octanol–water partition coefficient (Wildman–Crippen LogP) is 4.31. The van der Waals surface area contributed by atoms with E-state index in [1.165, 1.54) is 31.2 Å². The summed E-state index contributed by atoms with van der Waals surface area (Å²) in [5, 5.41) is 3.70. The molecule has 1 fully saturated rings. The summed E-state index contributed by atoms with van der Waals surface area (Å²) in [6.45, 7) is 5.18. The quantitative estimate of drug-likeness (QED) is 0.841. The first-order valence-electron chi connectivity index (χ1n) is 7.36. The standard InChI is InChI=1S/C16H24BrNO/c1-2-9-18-16(12-13-7-10-19-11-8-13)14-3-5-15(17)6-4-14/h3-6,13,16,18H,2,7-12H2,1H3. The topological polar surface area (TPSA) is 21.3 Å². The van der Waals surface area contributed by atoms with E-state index in [1.54, 1.807) is 0 Å². The van der Waals surface area contributed by atoms with Crippen molar-refractivity contribution in [3.05, 3.63) is 34.3 Å². The largest absolute Gasteiger partial charge is 0.381 e. The fraction of sp³-hybridized carbons (Fsp3) is 0.625. The lowest BCUT2D eigenvalue weighted by Crippen LogP contribution is -2.27. The van der Waals surface area contributed by atoms with Crippen LogP contribution in [0, 0.1) is 5.92 Å². The molecule has 0 spiro atoms. The third-order valence-corrected chi connectivity index (χ3v) is 4.35. The Hall–Kier alpha value is -0.380. The minimum Gasteiger partial charge on any atom is -0.381 e. The average molecular weight is 326 g/mol. The number of benzene rings is 1. The predicted molar refractivity (Wildman–Crippen MR) is 83.3 cm³/mol. The van der Waals surface area contributed by atoms with Crippen molar-refractivity contribution in [3.8, 4) is 0 Å². The van der Waals surface area contributed by atoms with Crippen LogP contribution in [0.4, 0.5) is 0 Å². The van der Waals surface area contributed by atoms with Crippen LogP contribution in [0.25, 0.3) is 0 Å². The van der Waals surface area contributed by atoms with E-state index in [-0.39, 0.29) is 0 Å². The van der Waals surface area contributed by atoms with E-state index in [0.717, 1.165) is 30.1 Å². The van der Waals surface area contributed by atoms with Gasteiger partial charge < -0.3 is 10.1 Å². The van der Waals surface area contributed by atoms with Gasteiger partial charge in [-0.3, -0.25) is 0 Å². The molecule has 1 heterocycles. The van der Waals surface area contributed by atoms with Crippen molar-refractivity contribution >= 4 is 15.9 Å². The summed E-state index contributed by atoms with van der Waals surface area (Å²) in [5.74, 6) is 0.798. The molecule has 1 unspecified atom stereocenters. The van der Waals surface area contributed by atoms with Crippen LogP contribution in [0.5, 0.6) is 0 Å². The Bertz CT molecular complexity index is 360. The van der Waals surface area contributed by atoms with Crippen molar-refractivity contribution in [2.45, 2.75) is 38.6 Å². The van der Waals surface area contributed by atoms with Crippen molar-refractivity contribution in [1.82, 2.24) is 5.32 Å². The molecule has 2 rings (SSSR count). The van der Waals surface area contributed by atoms with Gasteiger partial charge in [-0.15, -0.1) is 0 Å². The first-order valence-corrected chi connectivity index (χ1v) is 8.15. The summed E-state index contributed by atoms with van der Waals surface area (Å²) in [6.07, 6.45) is 4.83.